The van der Waals surface area contributed by atoms with Gasteiger partial charge in [0, 0.05) is 11.3 Å². The first-order valence-electron chi connectivity index (χ1n) is 8.43. The van der Waals surface area contributed by atoms with E-state index in [4.69, 9.17) is 10.5 Å². The molecule has 0 atom stereocenters. The van der Waals surface area contributed by atoms with E-state index in [-0.39, 0.29) is 6.61 Å². The minimum Gasteiger partial charge on any atom is -0.462 e. The minimum atomic E-state index is -0.481. The Balaban J connectivity index is 1.91. The molecule has 0 saturated carbocycles. The van der Waals surface area contributed by atoms with Crippen LogP contribution in [0, 0.1) is 25.2 Å². The number of thioether (sulfide) groups is 1. The summed E-state index contributed by atoms with van der Waals surface area (Å²) in [6, 6.07) is 8.08. The number of benzene rings is 1. The average Bonchev–Trinajstić information content (AvgIpc) is 3.24. The molecule has 144 valence electrons. The number of nitriles is 1. The lowest BCUT2D eigenvalue weighted by Gasteiger charge is -2.08. The molecule has 28 heavy (non-hydrogen) atoms. The normalized spacial score (nSPS) is 10.6. The van der Waals surface area contributed by atoms with Crippen LogP contribution >= 0.6 is 23.1 Å². The van der Waals surface area contributed by atoms with Crippen molar-refractivity contribution in [2.24, 2.45) is 0 Å². The number of rotatable bonds is 6. The Hall–Kier alpha value is -2.90. The molecular formula is C18H18N6O2S2. The summed E-state index contributed by atoms with van der Waals surface area (Å²) in [4.78, 5) is 12.6. The van der Waals surface area contributed by atoms with Gasteiger partial charge in [0.05, 0.1) is 17.9 Å². The standard InChI is InChI=1S/C18H18N6O2S2/c1-4-26-17(25)15-13(12(8-19)16(20)28-15)9-27-18-21-22-23-24(18)14-6-5-10(2)7-11(14)3/h5-7H,4,9,20H2,1-3H3. The number of nitrogen functional groups attached to an aromatic ring is 1. The van der Waals surface area contributed by atoms with Gasteiger partial charge in [0.25, 0.3) is 0 Å². The van der Waals surface area contributed by atoms with Gasteiger partial charge in [-0.25, -0.2) is 4.79 Å². The highest BCUT2D eigenvalue weighted by molar-refractivity contribution is 7.98. The van der Waals surface area contributed by atoms with Gasteiger partial charge in [-0.2, -0.15) is 9.94 Å². The van der Waals surface area contributed by atoms with Crippen molar-refractivity contribution in [1.82, 2.24) is 20.2 Å². The SMILES string of the molecule is CCOC(=O)c1sc(N)c(C#N)c1CSc1nnnn1-c1ccc(C)cc1C. The molecule has 0 amide bonds. The molecule has 3 aromatic rings. The van der Waals surface area contributed by atoms with Crippen molar-refractivity contribution >= 4 is 34.1 Å². The van der Waals surface area contributed by atoms with Crippen molar-refractivity contribution in [2.45, 2.75) is 31.7 Å². The zero-order valence-electron chi connectivity index (χ0n) is 15.6. The summed E-state index contributed by atoms with van der Waals surface area (Å²) in [7, 11) is 0. The van der Waals surface area contributed by atoms with Gasteiger partial charge < -0.3 is 10.5 Å². The summed E-state index contributed by atoms with van der Waals surface area (Å²) in [5, 5.41) is 22.2. The molecule has 0 spiro atoms. The Labute approximate surface area is 170 Å². The average molecular weight is 415 g/mol. The minimum absolute atomic E-state index is 0.246. The predicted octanol–water partition coefficient (Wildman–Crippen LogP) is 3.26. The number of nitrogens with zero attached hydrogens (tertiary/aromatic N) is 5. The molecule has 0 fully saturated rings. The molecule has 0 bridgehead atoms. The molecule has 3 rings (SSSR count). The van der Waals surface area contributed by atoms with E-state index in [1.807, 2.05) is 26.0 Å². The van der Waals surface area contributed by atoms with Crippen molar-refractivity contribution in [3.8, 4) is 11.8 Å². The lowest BCUT2D eigenvalue weighted by molar-refractivity contribution is 0.0531. The highest BCUT2D eigenvalue weighted by Crippen LogP contribution is 2.35. The second-order valence-electron chi connectivity index (χ2n) is 5.93. The van der Waals surface area contributed by atoms with Crippen LogP contribution in [0.1, 0.15) is 38.8 Å². The number of carbonyl (C=O) groups excluding carboxylic acids is 1. The number of hydrogen-bond donors (Lipinski definition) is 1. The lowest BCUT2D eigenvalue weighted by atomic mass is 10.1. The van der Waals surface area contributed by atoms with E-state index >= 15 is 0 Å². The second-order valence-corrected chi connectivity index (χ2v) is 7.93. The van der Waals surface area contributed by atoms with Gasteiger partial charge in [-0.3, -0.25) is 0 Å². The molecule has 0 aliphatic heterocycles. The molecule has 0 radical (unpaired) electrons. The molecular weight excluding hydrogens is 396 g/mol. The van der Waals surface area contributed by atoms with Crippen LogP contribution in [0.2, 0.25) is 0 Å². The van der Waals surface area contributed by atoms with Gasteiger partial charge in [-0.1, -0.05) is 29.5 Å². The molecule has 2 N–H and O–H groups in total. The van der Waals surface area contributed by atoms with Crippen molar-refractivity contribution in [3.63, 3.8) is 0 Å². The van der Waals surface area contributed by atoms with Crippen LogP contribution < -0.4 is 5.73 Å². The number of esters is 1. The zero-order valence-corrected chi connectivity index (χ0v) is 17.2. The smallest absolute Gasteiger partial charge is 0.348 e. The van der Waals surface area contributed by atoms with Gasteiger partial charge in [-0.15, -0.1) is 16.4 Å². The number of ether oxygens (including phenoxy) is 1. The lowest BCUT2D eigenvalue weighted by Crippen LogP contribution is -2.06. The fourth-order valence-corrected chi connectivity index (χ4v) is 4.64. The molecule has 0 aliphatic carbocycles. The topological polar surface area (TPSA) is 120 Å². The third kappa shape index (κ3) is 3.85. The van der Waals surface area contributed by atoms with Crippen LogP contribution in [0.3, 0.4) is 0 Å². The Kier molecular flexibility index (Phi) is 5.96. The molecule has 0 unspecified atom stereocenters. The van der Waals surface area contributed by atoms with Crippen molar-refractivity contribution in [2.75, 3.05) is 12.3 Å². The number of nitrogens with two attached hydrogens (primary N) is 1. The van der Waals surface area contributed by atoms with Crippen molar-refractivity contribution in [3.05, 3.63) is 45.3 Å². The van der Waals surface area contributed by atoms with Crippen LogP contribution in [-0.2, 0) is 10.5 Å². The number of aromatic nitrogens is 4. The number of hydrogen-bond acceptors (Lipinski definition) is 9. The van der Waals surface area contributed by atoms with Gasteiger partial charge in [-0.05, 0) is 42.8 Å². The second kappa shape index (κ2) is 8.41. The molecule has 1 aromatic carbocycles. The van der Waals surface area contributed by atoms with E-state index in [1.54, 1.807) is 11.6 Å². The zero-order chi connectivity index (χ0) is 20.3. The van der Waals surface area contributed by atoms with Crippen LogP contribution in [0.5, 0.6) is 0 Å². The highest BCUT2D eigenvalue weighted by atomic mass is 32.2. The summed E-state index contributed by atoms with van der Waals surface area (Å²) in [6.45, 7) is 5.99. The van der Waals surface area contributed by atoms with Crippen molar-refractivity contribution in [1.29, 1.82) is 5.26 Å². The van der Waals surface area contributed by atoms with Gasteiger partial charge >= 0.3 is 5.97 Å². The third-order valence-electron chi connectivity index (χ3n) is 3.97. The Morgan fingerprint density at radius 2 is 2.21 bits per heavy atom. The maximum atomic E-state index is 12.2. The van der Waals surface area contributed by atoms with Crippen LogP contribution in [0.25, 0.3) is 5.69 Å². The quantitative estimate of drug-likeness (QED) is 0.482. The fraction of sp³-hybridized carbons (Fsp3) is 0.278. The first-order valence-corrected chi connectivity index (χ1v) is 10.2. The largest absolute Gasteiger partial charge is 0.462 e. The summed E-state index contributed by atoms with van der Waals surface area (Å²) >= 11 is 2.39. The molecule has 2 aromatic heterocycles. The maximum Gasteiger partial charge on any atom is 0.348 e. The van der Waals surface area contributed by atoms with Gasteiger partial charge in [0.2, 0.25) is 5.16 Å². The highest BCUT2D eigenvalue weighted by Gasteiger charge is 2.24. The Morgan fingerprint density at radius 3 is 2.89 bits per heavy atom. The van der Waals surface area contributed by atoms with Gasteiger partial charge in [0.15, 0.2) is 0 Å². The van der Waals surface area contributed by atoms with Crippen molar-refractivity contribution < 1.29 is 9.53 Å². The summed E-state index contributed by atoms with van der Waals surface area (Å²) in [5.41, 5.74) is 9.82. The van der Waals surface area contributed by atoms with E-state index in [0.29, 0.717) is 31.9 Å². The molecule has 8 nitrogen and oxygen atoms in total. The van der Waals surface area contributed by atoms with Crippen LogP contribution in [-0.4, -0.2) is 32.8 Å². The number of anilines is 1. The fourth-order valence-electron chi connectivity index (χ4n) is 2.71. The first kappa shape index (κ1) is 19.9. The molecule has 2 heterocycles. The molecule has 10 heteroatoms. The van der Waals surface area contributed by atoms with E-state index in [0.717, 1.165) is 28.2 Å². The monoisotopic (exact) mass is 414 g/mol. The third-order valence-corrected chi connectivity index (χ3v) is 5.96. The Morgan fingerprint density at radius 1 is 1.43 bits per heavy atom. The van der Waals surface area contributed by atoms with E-state index in [2.05, 4.69) is 27.7 Å². The molecule has 0 aliphatic rings. The Bertz CT molecular complexity index is 1070. The van der Waals surface area contributed by atoms with E-state index in [9.17, 15) is 10.1 Å². The van der Waals surface area contributed by atoms with Crippen LogP contribution in [0.4, 0.5) is 5.00 Å². The number of tetrazole rings is 1. The van der Waals surface area contributed by atoms with Gasteiger partial charge in [0.1, 0.15) is 15.9 Å². The van der Waals surface area contributed by atoms with E-state index in [1.165, 1.54) is 11.8 Å². The first-order chi connectivity index (χ1) is 13.5. The summed E-state index contributed by atoms with van der Waals surface area (Å²) in [6.07, 6.45) is 0. The van der Waals surface area contributed by atoms with Crippen LogP contribution in [0.15, 0.2) is 23.4 Å². The predicted molar refractivity (Wildman–Crippen MR) is 108 cm³/mol. The number of carbonyl (C=O) groups is 1. The van der Waals surface area contributed by atoms with E-state index < -0.39 is 5.97 Å². The number of thiophene rings is 1. The number of aryl methyl sites for hydroxylation is 2. The maximum absolute atomic E-state index is 12.2. The summed E-state index contributed by atoms with van der Waals surface area (Å²) in [5.74, 6) is -0.166. The molecule has 0 saturated heterocycles. The summed E-state index contributed by atoms with van der Waals surface area (Å²) < 4.78 is 6.73.